The number of halogens is 1. The Kier molecular flexibility index (Phi) is 2.50. The van der Waals surface area contributed by atoms with Crippen LogP contribution in [-0.4, -0.2) is 9.67 Å². The summed E-state index contributed by atoms with van der Waals surface area (Å²) in [6.45, 7) is 6.11. The average molecular weight is 221 g/mol. The second-order valence-electron chi connectivity index (χ2n) is 4.52. The molecule has 1 N–H and O–H groups in total. The Labute approximate surface area is 94.3 Å². The van der Waals surface area contributed by atoms with E-state index in [1.54, 1.807) is 19.9 Å². The third kappa shape index (κ3) is 1.61. The van der Waals surface area contributed by atoms with E-state index in [1.165, 1.54) is 6.07 Å². The van der Waals surface area contributed by atoms with Crippen molar-refractivity contribution in [2.45, 2.75) is 32.9 Å². The van der Waals surface area contributed by atoms with Gasteiger partial charge in [0.1, 0.15) is 5.82 Å². The first-order valence-electron chi connectivity index (χ1n) is 5.45. The Morgan fingerprint density at radius 2 is 2.06 bits per heavy atom. The van der Waals surface area contributed by atoms with Gasteiger partial charge in [-0.05, 0) is 32.9 Å². The van der Waals surface area contributed by atoms with Gasteiger partial charge in [0.15, 0.2) is 0 Å². The molecule has 0 aliphatic carbocycles. The first-order valence-corrected chi connectivity index (χ1v) is 5.45. The number of fused-ring (bicyclic) bond motifs is 1. The highest BCUT2D eigenvalue weighted by Crippen LogP contribution is 2.31. The van der Waals surface area contributed by atoms with Crippen LogP contribution in [0.4, 0.5) is 4.39 Å². The lowest BCUT2D eigenvalue weighted by Crippen LogP contribution is -2.15. The van der Waals surface area contributed by atoms with Gasteiger partial charge < -0.3 is 9.67 Å². The number of aromatic nitrogens is 1. The number of rotatable bonds is 2. The summed E-state index contributed by atoms with van der Waals surface area (Å²) >= 11 is 0. The zero-order valence-corrected chi connectivity index (χ0v) is 9.79. The summed E-state index contributed by atoms with van der Waals surface area (Å²) in [5, 5.41) is 10.6. The van der Waals surface area contributed by atoms with Gasteiger partial charge in [0.25, 0.3) is 0 Å². The Morgan fingerprint density at radius 3 is 2.62 bits per heavy atom. The minimum absolute atomic E-state index is 0.276. The molecule has 1 aromatic heterocycles. The molecule has 0 spiro atoms. The second kappa shape index (κ2) is 3.59. The highest BCUT2D eigenvalue weighted by molar-refractivity contribution is 5.85. The number of benzene rings is 1. The molecule has 0 amide bonds. The maximum Gasteiger partial charge on any atom is 0.132 e. The van der Waals surface area contributed by atoms with E-state index in [1.807, 2.05) is 23.8 Å². The van der Waals surface area contributed by atoms with E-state index in [9.17, 15) is 9.50 Å². The maximum atomic E-state index is 13.8. The topological polar surface area (TPSA) is 25.2 Å². The van der Waals surface area contributed by atoms with Crippen molar-refractivity contribution in [2.24, 2.45) is 0 Å². The zero-order valence-electron chi connectivity index (χ0n) is 9.79. The van der Waals surface area contributed by atoms with E-state index >= 15 is 0 Å². The SMILES string of the molecule is CCn1cc(C(C)(C)O)c2c(F)cccc21. The monoisotopic (exact) mass is 221 g/mol. The summed E-state index contributed by atoms with van der Waals surface area (Å²) in [5.74, 6) is -0.276. The van der Waals surface area contributed by atoms with E-state index < -0.39 is 5.60 Å². The molecule has 0 radical (unpaired) electrons. The molecule has 2 nitrogen and oxygen atoms in total. The van der Waals surface area contributed by atoms with E-state index in [-0.39, 0.29) is 5.82 Å². The molecule has 0 aliphatic heterocycles. The van der Waals surface area contributed by atoms with Crippen LogP contribution in [0.1, 0.15) is 26.3 Å². The molecule has 0 unspecified atom stereocenters. The van der Waals surface area contributed by atoms with Crippen LogP contribution >= 0.6 is 0 Å². The first-order chi connectivity index (χ1) is 7.45. The Balaban J connectivity index is 2.85. The summed E-state index contributed by atoms with van der Waals surface area (Å²) in [5.41, 5.74) is 0.447. The van der Waals surface area contributed by atoms with E-state index in [0.29, 0.717) is 10.9 Å². The van der Waals surface area contributed by atoms with E-state index in [2.05, 4.69) is 0 Å². The molecule has 1 aromatic carbocycles. The Morgan fingerprint density at radius 1 is 1.38 bits per heavy atom. The minimum Gasteiger partial charge on any atom is -0.386 e. The largest absolute Gasteiger partial charge is 0.386 e. The van der Waals surface area contributed by atoms with Gasteiger partial charge in [0.2, 0.25) is 0 Å². The lowest BCUT2D eigenvalue weighted by molar-refractivity contribution is 0.0798. The van der Waals surface area contributed by atoms with E-state index in [4.69, 9.17) is 0 Å². The predicted molar refractivity (Wildman–Crippen MR) is 62.8 cm³/mol. The summed E-state index contributed by atoms with van der Waals surface area (Å²) in [7, 11) is 0. The molecular formula is C13H16FNO. The number of nitrogens with zero attached hydrogens (tertiary/aromatic N) is 1. The number of aliphatic hydroxyl groups is 1. The third-order valence-electron chi connectivity index (χ3n) is 2.86. The van der Waals surface area contributed by atoms with Crippen molar-refractivity contribution in [3.63, 3.8) is 0 Å². The maximum absolute atomic E-state index is 13.8. The Bertz CT molecular complexity index is 522. The van der Waals surface area contributed by atoms with Crippen molar-refractivity contribution in [1.82, 2.24) is 4.57 Å². The average Bonchev–Trinajstić information content (AvgIpc) is 2.57. The van der Waals surface area contributed by atoms with Crippen LogP contribution in [0.15, 0.2) is 24.4 Å². The molecule has 0 fully saturated rings. The molecule has 1 heterocycles. The first kappa shape index (κ1) is 11.1. The van der Waals surface area contributed by atoms with Crippen molar-refractivity contribution in [1.29, 1.82) is 0 Å². The fourth-order valence-electron chi connectivity index (χ4n) is 2.03. The smallest absolute Gasteiger partial charge is 0.132 e. The van der Waals surface area contributed by atoms with Gasteiger partial charge in [-0.15, -0.1) is 0 Å². The third-order valence-corrected chi connectivity index (χ3v) is 2.86. The van der Waals surface area contributed by atoms with Gasteiger partial charge in [0.05, 0.1) is 11.1 Å². The molecule has 0 saturated carbocycles. The van der Waals surface area contributed by atoms with Gasteiger partial charge in [-0.2, -0.15) is 0 Å². The zero-order chi connectivity index (χ0) is 11.9. The molecule has 3 heteroatoms. The van der Waals surface area contributed by atoms with Gasteiger partial charge in [0, 0.05) is 23.7 Å². The number of hydrogen-bond donors (Lipinski definition) is 1. The highest BCUT2D eigenvalue weighted by Gasteiger charge is 2.23. The molecule has 0 aliphatic rings. The van der Waals surface area contributed by atoms with Crippen LogP contribution in [0, 0.1) is 5.82 Å². The highest BCUT2D eigenvalue weighted by atomic mass is 19.1. The Hall–Kier alpha value is -1.35. The van der Waals surface area contributed by atoms with Crippen molar-refractivity contribution in [3.05, 3.63) is 35.8 Å². The molecule has 86 valence electrons. The lowest BCUT2D eigenvalue weighted by atomic mass is 9.98. The molecule has 16 heavy (non-hydrogen) atoms. The van der Waals surface area contributed by atoms with Crippen LogP contribution in [0.25, 0.3) is 10.9 Å². The van der Waals surface area contributed by atoms with E-state index in [0.717, 1.165) is 12.1 Å². The van der Waals surface area contributed by atoms with Crippen molar-refractivity contribution < 1.29 is 9.50 Å². The molecule has 2 rings (SSSR count). The molecule has 0 saturated heterocycles. The summed E-state index contributed by atoms with van der Waals surface area (Å²) in [6.07, 6.45) is 1.83. The summed E-state index contributed by atoms with van der Waals surface area (Å²) < 4.78 is 15.8. The number of aryl methyl sites for hydroxylation is 1. The van der Waals surface area contributed by atoms with Crippen molar-refractivity contribution in [2.75, 3.05) is 0 Å². The van der Waals surface area contributed by atoms with Crippen LogP contribution in [0.3, 0.4) is 0 Å². The van der Waals surface area contributed by atoms with Crippen molar-refractivity contribution in [3.8, 4) is 0 Å². The molecular weight excluding hydrogens is 205 g/mol. The van der Waals surface area contributed by atoms with Crippen LogP contribution in [0.2, 0.25) is 0 Å². The van der Waals surface area contributed by atoms with Gasteiger partial charge in [-0.1, -0.05) is 6.07 Å². The summed E-state index contributed by atoms with van der Waals surface area (Å²) in [6, 6.07) is 4.99. The molecule has 0 atom stereocenters. The fraction of sp³-hybridized carbons (Fsp3) is 0.385. The quantitative estimate of drug-likeness (QED) is 0.828. The lowest BCUT2D eigenvalue weighted by Gasteiger charge is -2.16. The standard InChI is InChI=1S/C13H16FNO/c1-4-15-8-9(13(2,3)16)12-10(14)6-5-7-11(12)15/h5-8,16H,4H2,1-3H3. The summed E-state index contributed by atoms with van der Waals surface area (Å²) in [4.78, 5) is 0. The van der Waals surface area contributed by atoms with Crippen molar-refractivity contribution >= 4 is 10.9 Å². The van der Waals surface area contributed by atoms with Gasteiger partial charge in [-0.3, -0.25) is 0 Å². The van der Waals surface area contributed by atoms with Gasteiger partial charge in [-0.25, -0.2) is 4.39 Å². The van der Waals surface area contributed by atoms with Crippen LogP contribution in [0.5, 0.6) is 0 Å². The minimum atomic E-state index is -1.03. The number of hydrogen-bond acceptors (Lipinski definition) is 1. The van der Waals surface area contributed by atoms with Gasteiger partial charge >= 0.3 is 0 Å². The second-order valence-corrected chi connectivity index (χ2v) is 4.52. The normalized spacial score (nSPS) is 12.3. The fourth-order valence-corrected chi connectivity index (χ4v) is 2.03. The molecule has 2 aromatic rings. The van der Waals surface area contributed by atoms with Crippen LogP contribution in [-0.2, 0) is 12.1 Å². The van der Waals surface area contributed by atoms with Crippen LogP contribution < -0.4 is 0 Å². The molecule has 0 bridgehead atoms. The predicted octanol–water partition coefficient (Wildman–Crippen LogP) is 3.03.